The molecule has 0 bridgehead atoms. The van der Waals surface area contributed by atoms with E-state index in [9.17, 15) is 14.7 Å². The first-order valence-electron chi connectivity index (χ1n) is 8.63. The lowest BCUT2D eigenvalue weighted by molar-refractivity contribution is -0.114. The molecule has 9 nitrogen and oxygen atoms in total. The molecule has 0 unspecified atom stereocenters. The fourth-order valence-corrected chi connectivity index (χ4v) is 2.92. The van der Waals surface area contributed by atoms with Crippen LogP contribution in [0.5, 0.6) is 0 Å². The van der Waals surface area contributed by atoms with E-state index in [1.807, 2.05) is 0 Å². The van der Waals surface area contributed by atoms with Gasteiger partial charge in [-0.25, -0.2) is 4.98 Å². The van der Waals surface area contributed by atoms with Crippen LogP contribution in [-0.4, -0.2) is 31.8 Å². The van der Waals surface area contributed by atoms with E-state index >= 15 is 0 Å². The van der Waals surface area contributed by atoms with Gasteiger partial charge in [-0.3, -0.25) is 15.0 Å². The number of aliphatic hydroxyl groups excluding tert-OH is 1. The maximum absolute atomic E-state index is 12.6. The van der Waals surface area contributed by atoms with Gasteiger partial charge in [0.1, 0.15) is 11.8 Å². The minimum absolute atomic E-state index is 0.0897. The van der Waals surface area contributed by atoms with Crippen molar-refractivity contribution in [3.05, 3.63) is 69.1 Å². The van der Waals surface area contributed by atoms with Crippen LogP contribution in [0.2, 0.25) is 5.02 Å². The lowest BCUT2D eigenvalue weighted by Crippen LogP contribution is -2.31. The summed E-state index contributed by atoms with van der Waals surface area (Å²) >= 11 is 10.7. The maximum Gasteiger partial charge on any atom is 0.276 e. The number of aliphatic hydroxyl groups is 1. The van der Waals surface area contributed by atoms with Crippen molar-refractivity contribution in [1.82, 2.24) is 15.4 Å². The predicted molar refractivity (Wildman–Crippen MR) is 120 cm³/mol. The number of hydrogen-bond donors (Lipinski definition) is 5. The van der Waals surface area contributed by atoms with Gasteiger partial charge in [0.05, 0.1) is 11.0 Å². The quantitative estimate of drug-likeness (QED) is 0.229. The Morgan fingerprint density at radius 3 is 2.63 bits per heavy atom. The van der Waals surface area contributed by atoms with Gasteiger partial charge in [-0.15, -0.1) is 0 Å². The van der Waals surface area contributed by atoms with Crippen molar-refractivity contribution in [2.75, 3.05) is 5.32 Å². The zero-order valence-electron chi connectivity index (χ0n) is 15.6. The molecule has 2 aromatic carbocycles. The van der Waals surface area contributed by atoms with Gasteiger partial charge in [-0.05, 0) is 48.1 Å². The molecule has 11 heteroatoms. The second-order valence-corrected chi connectivity index (χ2v) is 7.13. The molecule has 0 aliphatic carbocycles. The van der Waals surface area contributed by atoms with E-state index in [0.29, 0.717) is 27.3 Å². The number of anilines is 1. The van der Waals surface area contributed by atoms with E-state index in [1.165, 1.54) is 6.92 Å². The van der Waals surface area contributed by atoms with Crippen molar-refractivity contribution in [2.24, 2.45) is 10.8 Å². The van der Waals surface area contributed by atoms with Crippen molar-refractivity contribution in [3.63, 3.8) is 0 Å². The van der Waals surface area contributed by atoms with Crippen LogP contribution in [0, 0.1) is 0 Å². The molecule has 0 aliphatic heterocycles. The summed E-state index contributed by atoms with van der Waals surface area (Å²) in [6, 6.07) is 11.2. The summed E-state index contributed by atoms with van der Waals surface area (Å²) < 4.78 is 0. The summed E-state index contributed by atoms with van der Waals surface area (Å²) in [5.41, 5.74) is 8.88. The van der Waals surface area contributed by atoms with Crippen molar-refractivity contribution >= 4 is 57.3 Å². The topological polar surface area (TPSA) is 145 Å². The molecule has 0 saturated heterocycles. The van der Waals surface area contributed by atoms with E-state index in [1.54, 1.807) is 42.5 Å². The Morgan fingerprint density at radius 1 is 1.30 bits per heavy atom. The Bertz CT molecular complexity index is 1210. The summed E-state index contributed by atoms with van der Waals surface area (Å²) in [7, 11) is 0. The molecule has 0 fully saturated rings. The van der Waals surface area contributed by atoms with Crippen molar-refractivity contribution in [3.8, 4) is 0 Å². The molecule has 154 valence electrons. The average molecular weight is 445 g/mol. The highest BCUT2D eigenvalue weighted by Crippen LogP contribution is 2.21. The molecular weight excluding hydrogens is 428 g/mol. The number of H-pyrrole nitrogens is 1. The Morgan fingerprint density at radius 2 is 2.00 bits per heavy atom. The number of halogens is 1. The van der Waals surface area contributed by atoms with Gasteiger partial charge in [-0.1, -0.05) is 23.7 Å². The summed E-state index contributed by atoms with van der Waals surface area (Å²) in [4.78, 5) is 30.8. The fraction of sp³-hybridized carbons (Fsp3) is 0.105. The van der Waals surface area contributed by atoms with Gasteiger partial charge in [0.15, 0.2) is 10.8 Å². The van der Waals surface area contributed by atoms with E-state index in [4.69, 9.17) is 29.6 Å². The number of carbonyl (C=O) groups excluding carboxylic acids is 1. The van der Waals surface area contributed by atoms with Crippen LogP contribution in [0.15, 0.2) is 52.4 Å². The second-order valence-electron chi connectivity index (χ2n) is 6.25. The smallest absolute Gasteiger partial charge is 0.276 e. The Labute approximate surface area is 181 Å². The molecule has 0 aliphatic rings. The van der Waals surface area contributed by atoms with Gasteiger partial charge < -0.3 is 21.1 Å². The lowest BCUT2D eigenvalue weighted by atomic mass is 10.0. The zero-order valence-corrected chi connectivity index (χ0v) is 17.2. The molecule has 1 amide bonds. The highest BCUT2D eigenvalue weighted by molar-refractivity contribution is 7.80. The Balaban J connectivity index is 2.06. The first-order chi connectivity index (χ1) is 14.2. The number of nitrogens with zero attached hydrogens (tertiary/aromatic N) is 2. The van der Waals surface area contributed by atoms with E-state index in [2.05, 4.69) is 25.8 Å². The number of aromatic nitrogens is 2. The standard InChI is InChI=1S/C19H17ClN6O3S/c1-9(27)22-12-5-2-10(3-6-12)17(28)15(25-26-19(21)30)16-18(29)24-14-8-11(20)4-7-13(14)23-16/h2-8,17,28H,1H3,(H,22,27)(H,24,29)(H3,21,26,30)/b25-15+/t17-/m1/s1. The minimum atomic E-state index is -1.34. The average Bonchev–Trinajstić information content (AvgIpc) is 2.68. The van der Waals surface area contributed by atoms with Crippen LogP contribution in [0.4, 0.5) is 5.69 Å². The van der Waals surface area contributed by atoms with Crippen LogP contribution in [0.25, 0.3) is 11.0 Å². The molecule has 3 aromatic rings. The van der Waals surface area contributed by atoms with E-state index in [0.717, 1.165) is 0 Å². The molecule has 30 heavy (non-hydrogen) atoms. The molecule has 6 N–H and O–H groups in total. The number of carbonyl (C=O) groups is 1. The molecule has 1 heterocycles. The highest BCUT2D eigenvalue weighted by Gasteiger charge is 2.23. The zero-order chi connectivity index (χ0) is 21.8. The molecule has 1 aromatic heterocycles. The van der Waals surface area contributed by atoms with Gasteiger partial charge in [0.25, 0.3) is 5.56 Å². The molecule has 1 atom stereocenters. The number of nitrogens with one attached hydrogen (secondary N) is 3. The van der Waals surface area contributed by atoms with Crippen LogP contribution in [0.1, 0.15) is 24.3 Å². The number of amides is 1. The van der Waals surface area contributed by atoms with Crippen LogP contribution < -0.4 is 22.0 Å². The summed E-state index contributed by atoms with van der Waals surface area (Å²) in [6.07, 6.45) is -1.34. The molecule has 3 rings (SSSR count). The van der Waals surface area contributed by atoms with Crippen LogP contribution in [0.3, 0.4) is 0 Å². The maximum atomic E-state index is 12.6. The number of hydrazone groups is 1. The van der Waals surface area contributed by atoms with Gasteiger partial charge in [-0.2, -0.15) is 5.10 Å². The summed E-state index contributed by atoms with van der Waals surface area (Å²) in [6.45, 7) is 1.39. The van der Waals surface area contributed by atoms with Gasteiger partial charge >= 0.3 is 0 Å². The predicted octanol–water partition coefficient (Wildman–Crippen LogP) is 1.81. The Hall–Kier alpha value is -3.34. The Kier molecular flexibility index (Phi) is 6.40. The number of benzene rings is 2. The SMILES string of the molecule is CC(=O)Nc1ccc([C@@H](O)/C(=N/NC(N)=S)c2nc3ccc(Cl)cc3[nH]c2=O)cc1. The van der Waals surface area contributed by atoms with E-state index in [-0.39, 0.29) is 22.4 Å². The summed E-state index contributed by atoms with van der Waals surface area (Å²) in [5.74, 6) is -0.224. The largest absolute Gasteiger partial charge is 0.382 e. The number of hydrogen-bond acceptors (Lipinski definition) is 6. The molecule has 0 saturated carbocycles. The third kappa shape index (κ3) is 4.98. The van der Waals surface area contributed by atoms with Gasteiger partial charge in [0, 0.05) is 17.6 Å². The normalized spacial score (nSPS) is 12.4. The fourth-order valence-electron chi connectivity index (χ4n) is 2.70. The van der Waals surface area contributed by atoms with Crippen LogP contribution in [-0.2, 0) is 4.79 Å². The van der Waals surface area contributed by atoms with Crippen molar-refractivity contribution in [2.45, 2.75) is 13.0 Å². The van der Waals surface area contributed by atoms with Crippen LogP contribution >= 0.6 is 23.8 Å². The summed E-state index contributed by atoms with van der Waals surface area (Å²) in [5, 5.41) is 17.8. The third-order valence-corrected chi connectivity index (χ3v) is 4.32. The van der Waals surface area contributed by atoms with Crippen molar-refractivity contribution < 1.29 is 9.90 Å². The van der Waals surface area contributed by atoms with E-state index < -0.39 is 11.7 Å². The number of nitrogens with two attached hydrogens (primary N) is 1. The van der Waals surface area contributed by atoms with Crippen molar-refractivity contribution in [1.29, 1.82) is 0 Å². The number of rotatable bonds is 5. The number of fused-ring (bicyclic) bond motifs is 1. The number of aromatic amines is 1. The lowest BCUT2D eigenvalue weighted by Gasteiger charge is -2.15. The monoisotopic (exact) mass is 444 g/mol. The highest BCUT2D eigenvalue weighted by atomic mass is 35.5. The molecule has 0 radical (unpaired) electrons. The second kappa shape index (κ2) is 8.99. The first kappa shape index (κ1) is 21.4. The first-order valence-corrected chi connectivity index (χ1v) is 9.42. The number of thiocarbonyl (C=S) groups is 1. The molecular formula is C19H17ClN6O3S. The minimum Gasteiger partial charge on any atom is -0.382 e. The third-order valence-electron chi connectivity index (χ3n) is 3.99. The van der Waals surface area contributed by atoms with Gasteiger partial charge in [0.2, 0.25) is 5.91 Å². The molecule has 0 spiro atoms.